The topological polar surface area (TPSA) is 55.6 Å². The Kier molecular flexibility index (Phi) is 3.75. The maximum absolute atomic E-state index is 6.05. The van der Waals surface area contributed by atoms with Crippen molar-refractivity contribution in [3.05, 3.63) is 41.8 Å². The summed E-state index contributed by atoms with van der Waals surface area (Å²) >= 11 is 6.05. The molecule has 2 aromatic heterocycles. The normalized spacial score (nSPS) is 12.5. The van der Waals surface area contributed by atoms with Crippen molar-refractivity contribution in [2.24, 2.45) is 0 Å². The van der Waals surface area contributed by atoms with Crippen molar-refractivity contribution in [3.63, 3.8) is 0 Å². The Morgan fingerprint density at radius 1 is 1.33 bits per heavy atom. The highest BCUT2D eigenvalue weighted by Gasteiger charge is 2.12. The molecule has 0 aliphatic heterocycles. The SMILES string of the molecule is CCC(C)Nc1ncnc2c1cnn2-c1cccc(Cl)c1. The molecule has 5 nitrogen and oxygen atoms in total. The van der Waals surface area contributed by atoms with Crippen LogP contribution in [0.2, 0.25) is 5.02 Å². The van der Waals surface area contributed by atoms with Gasteiger partial charge in [-0.05, 0) is 31.5 Å². The Bertz CT molecular complexity index is 768. The predicted molar refractivity (Wildman–Crippen MR) is 85.0 cm³/mol. The predicted octanol–water partition coefficient (Wildman–Crippen LogP) is 3.68. The van der Waals surface area contributed by atoms with Crippen molar-refractivity contribution in [1.29, 1.82) is 0 Å². The van der Waals surface area contributed by atoms with E-state index in [9.17, 15) is 0 Å². The van der Waals surface area contributed by atoms with E-state index < -0.39 is 0 Å². The van der Waals surface area contributed by atoms with E-state index in [1.54, 1.807) is 17.2 Å². The van der Waals surface area contributed by atoms with Crippen LogP contribution in [0.5, 0.6) is 0 Å². The zero-order valence-electron chi connectivity index (χ0n) is 11.9. The second-order valence-corrected chi connectivity index (χ2v) is 5.39. The Hall–Kier alpha value is -2.14. The number of fused-ring (bicyclic) bond motifs is 1. The van der Waals surface area contributed by atoms with Gasteiger partial charge in [-0.15, -0.1) is 0 Å². The maximum Gasteiger partial charge on any atom is 0.168 e. The lowest BCUT2D eigenvalue weighted by Crippen LogP contribution is -2.14. The number of halogens is 1. The summed E-state index contributed by atoms with van der Waals surface area (Å²) in [7, 11) is 0. The number of nitrogens with one attached hydrogen (secondary N) is 1. The van der Waals surface area contributed by atoms with Crippen LogP contribution in [0.25, 0.3) is 16.7 Å². The highest BCUT2D eigenvalue weighted by Crippen LogP contribution is 2.23. The molecule has 0 radical (unpaired) electrons. The molecule has 3 aromatic rings. The Morgan fingerprint density at radius 2 is 2.19 bits per heavy atom. The van der Waals surface area contributed by atoms with Gasteiger partial charge in [-0.3, -0.25) is 0 Å². The number of rotatable bonds is 4. The van der Waals surface area contributed by atoms with Crippen LogP contribution in [-0.4, -0.2) is 25.8 Å². The van der Waals surface area contributed by atoms with Gasteiger partial charge in [0.05, 0.1) is 17.3 Å². The molecule has 0 fully saturated rings. The summed E-state index contributed by atoms with van der Waals surface area (Å²) in [6.07, 6.45) is 4.35. The van der Waals surface area contributed by atoms with Crippen LogP contribution in [0.15, 0.2) is 36.8 Å². The van der Waals surface area contributed by atoms with E-state index in [2.05, 4.69) is 34.2 Å². The molecule has 6 heteroatoms. The summed E-state index contributed by atoms with van der Waals surface area (Å²) in [4.78, 5) is 8.67. The lowest BCUT2D eigenvalue weighted by Gasteiger charge is -2.12. The van der Waals surface area contributed by atoms with E-state index in [4.69, 9.17) is 11.6 Å². The summed E-state index contributed by atoms with van der Waals surface area (Å²) in [5.74, 6) is 0.808. The smallest absolute Gasteiger partial charge is 0.168 e. The third kappa shape index (κ3) is 2.69. The Balaban J connectivity index is 2.09. The molecule has 0 amide bonds. The first-order valence-electron chi connectivity index (χ1n) is 6.90. The summed E-state index contributed by atoms with van der Waals surface area (Å²) in [5.41, 5.74) is 1.64. The van der Waals surface area contributed by atoms with Crippen molar-refractivity contribution in [1.82, 2.24) is 19.7 Å². The van der Waals surface area contributed by atoms with Gasteiger partial charge in [-0.25, -0.2) is 14.6 Å². The first-order valence-corrected chi connectivity index (χ1v) is 7.28. The molecular formula is C15H16ClN5. The molecule has 0 spiro atoms. The molecule has 1 aromatic carbocycles. The lowest BCUT2D eigenvalue weighted by atomic mass is 10.2. The third-order valence-corrected chi connectivity index (χ3v) is 3.65. The van der Waals surface area contributed by atoms with Crippen LogP contribution in [-0.2, 0) is 0 Å². The van der Waals surface area contributed by atoms with Crippen molar-refractivity contribution >= 4 is 28.5 Å². The van der Waals surface area contributed by atoms with Gasteiger partial charge in [0.15, 0.2) is 5.65 Å². The fourth-order valence-electron chi connectivity index (χ4n) is 2.09. The van der Waals surface area contributed by atoms with E-state index in [-0.39, 0.29) is 0 Å². The van der Waals surface area contributed by atoms with Gasteiger partial charge in [-0.1, -0.05) is 24.6 Å². The molecule has 1 unspecified atom stereocenters. The van der Waals surface area contributed by atoms with Crippen LogP contribution in [0.3, 0.4) is 0 Å². The lowest BCUT2D eigenvalue weighted by molar-refractivity contribution is 0.760. The van der Waals surface area contributed by atoms with Crippen molar-refractivity contribution in [2.45, 2.75) is 26.3 Å². The van der Waals surface area contributed by atoms with E-state index in [1.165, 1.54) is 0 Å². The van der Waals surface area contributed by atoms with Crippen LogP contribution < -0.4 is 5.32 Å². The number of hydrogen-bond acceptors (Lipinski definition) is 4. The quantitative estimate of drug-likeness (QED) is 0.798. The largest absolute Gasteiger partial charge is 0.367 e. The average molecular weight is 302 g/mol. The third-order valence-electron chi connectivity index (χ3n) is 3.41. The summed E-state index contributed by atoms with van der Waals surface area (Å²) in [6, 6.07) is 7.88. The van der Waals surface area contributed by atoms with Crippen LogP contribution in [0.4, 0.5) is 5.82 Å². The summed E-state index contributed by atoms with van der Waals surface area (Å²) in [5, 5.41) is 9.37. The average Bonchev–Trinajstić information content (AvgIpc) is 2.92. The second kappa shape index (κ2) is 5.69. The van der Waals surface area contributed by atoms with Gasteiger partial charge >= 0.3 is 0 Å². The molecule has 0 aliphatic carbocycles. The van der Waals surface area contributed by atoms with E-state index >= 15 is 0 Å². The van der Waals surface area contributed by atoms with Crippen LogP contribution in [0, 0.1) is 0 Å². The molecule has 1 N–H and O–H groups in total. The molecule has 3 rings (SSSR count). The van der Waals surface area contributed by atoms with Crippen LogP contribution >= 0.6 is 11.6 Å². The van der Waals surface area contributed by atoms with Crippen molar-refractivity contribution < 1.29 is 0 Å². The first-order chi connectivity index (χ1) is 10.2. The van der Waals surface area contributed by atoms with Gasteiger partial charge < -0.3 is 5.32 Å². The first kappa shape index (κ1) is 13.8. The van der Waals surface area contributed by atoms with Crippen LogP contribution in [0.1, 0.15) is 20.3 Å². The number of benzene rings is 1. The van der Waals surface area contributed by atoms with Crippen molar-refractivity contribution in [3.8, 4) is 5.69 Å². The molecule has 108 valence electrons. The van der Waals surface area contributed by atoms with E-state index in [1.807, 2.05) is 24.3 Å². The number of nitrogens with zero attached hydrogens (tertiary/aromatic N) is 4. The molecule has 0 saturated heterocycles. The number of anilines is 1. The molecule has 2 heterocycles. The van der Waals surface area contributed by atoms with Gasteiger partial charge in [0.25, 0.3) is 0 Å². The number of aromatic nitrogens is 4. The molecular weight excluding hydrogens is 286 g/mol. The van der Waals surface area contributed by atoms with Gasteiger partial charge in [0, 0.05) is 11.1 Å². The van der Waals surface area contributed by atoms with Gasteiger partial charge in [-0.2, -0.15) is 5.10 Å². The fourth-order valence-corrected chi connectivity index (χ4v) is 2.28. The summed E-state index contributed by atoms with van der Waals surface area (Å²) in [6.45, 7) is 4.25. The minimum atomic E-state index is 0.345. The highest BCUT2D eigenvalue weighted by atomic mass is 35.5. The monoisotopic (exact) mass is 301 g/mol. The fraction of sp³-hybridized carbons (Fsp3) is 0.267. The maximum atomic E-state index is 6.05. The zero-order chi connectivity index (χ0) is 14.8. The molecule has 1 atom stereocenters. The van der Waals surface area contributed by atoms with E-state index in [0.717, 1.165) is 29.0 Å². The zero-order valence-corrected chi connectivity index (χ0v) is 12.7. The second-order valence-electron chi connectivity index (χ2n) is 4.95. The molecule has 0 aliphatic rings. The standard InChI is InChI=1S/C15H16ClN5/c1-3-10(2)20-14-13-8-19-21(15(13)18-9-17-14)12-6-4-5-11(16)7-12/h4-10H,3H2,1-2H3,(H,17,18,20). The Morgan fingerprint density at radius 3 is 2.95 bits per heavy atom. The molecule has 0 saturated carbocycles. The van der Waals surface area contributed by atoms with Gasteiger partial charge in [0.2, 0.25) is 0 Å². The molecule has 21 heavy (non-hydrogen) atoms. The van der Waals surface area contributed by atoms with E-state index in [0.29, 0.717) is 11.1 Å². The van der Waals surface area contributed by atoms with Gasteiger partial charge in [0.1, 0.15) is 12.1 Å². The minimum absolute atomic E-state index is 0.345. The van der Waals surface area contributed by atoms with Crippen molar-refractivity contribution in [2.75, 3.05) is 5.32 Å². The minimum Gasteiger partial charge on any atom is -0.367 e. The number of hydrogen-bond donors (Lipinski definition) is 1. The highest BCUT2D eigenvalue weighted by molar-refractivity contribution is 6.30. The summed E-state index contributed by atoms with van der Waals surface area (Å²) < 4.78 is 1.77. The Labute approximate surface area is 128 Å². The molecule has 0 bridgehead atoms.